The van der Waals surface area contributed by atoms with Gasteiger partial charge >= 0.3 is 0 Å². The van der Waals surface area contributed by atoms with Gasteiger partial charge in [0.25, 0.3) is 0 Å². The molecule has 2 aromatic heterocycles. The molecule has 3 rings (SSSR count). The Labute approximate surface area is 183 Å². The van der Waals surface area contributed by atoms with Crippen LogP contribution in [0.4, 0.5) is 0 Å². The standard InChI is InChI=1S/C20H27N7.HI/c1-5-21-20(23-11-17-14(2)26-27(4)15(17)3)24-13-19-22-12-18(25-19)16-9-7-6-8-10-16;/h6-10,12H,5,11,13H2,1-4H3,(H,22,25)(H2,21,23,24);1H. The Morgan fingerprint density at radius 1 is 1.18 bits per heavy atom. The van der Waals surface area contributed by atoms with Crippen molar-refractivity contribution in [2.45, 2.75) is 33.9 Å². The summed E-state index contributed by atoms with van der Waals surface area (Å²) in [5.41, 5.74) is 5.47. The molecule has 0 aliphatic heterocycles. The molecule has 0 bridgehead atoms. The molecular formula is C20H28IN7. The van der Waals surface area contributed by atoms with Crippen LogP contribution in [0.1, 0.15) is 29.7 Å². The summed E-state index contributed by atoms with van der Waals surface area (Å²) in [5, 5.41) is 11.1. The maximum atomic E-state index is 4.70. The van der Waals surface area contributed by atoms with Gasteiger partial charge in [-0.3, -0.25) is 4.68 Å². The number of guanidine groups is 1. The Morgan fingerprint density at radius 2 is 1.93 bits per heavy atom. The van der Waals surface area contributed by atoms with E-state index in [9.17, 15) is 0 Å². The van der Waals surface area contributed by atoms with Crippen molar-refractivity contribution in [1.29, 1.82) is 0 Å². The Hall–Kier alpha value is -2.36. The van der Waals surface area contributed by atoms with E-state index in [1.807, 2.05) is 43.0 Å². The SMILES string of the molecule is CCNC(=NCc1c(C)nn(C)c1C)NCc1ncc(-c2ccccc2)[nH]1.I. The fourth-order valence-electron chi connectivity index (χ4n) is 2.93. The van der Waals surface area contributed by atoms with Gasteiger partial charge in [0.2, 0.25) is 0 Å². The average molecular weight is 493 g/mol. The second-order valence-electron chi connectivity index (χ2n) is 6.43. The predicted molar refractivity (Wildman–Crippen MR) is 124 cm³/mol. The molecule has 0 atom stereocenters. The molecule has 0 saturated carbocycles. The lowest BCUT2D eigenvalue weighted by Gasteiger charge is -2.10. The number of nitrogens with zero attached hydrogens (tertiary/aromatic N) is 4. The van der Waals surface area contributed by atoms with Crippen molar-refractivity contribution in [3.05, 3.63) is 59.3 Å². The minimum absolute atomic E-state index is 0. The van der Waals surface area contributed by atoms with Crippen molar-refractivity contribution in [1.82, 2.24) is 30.4 Å². The van der Waals surface area contributed by atoms with Crippen LogP contribution >= 0.6 is 24.0 Å². The van der Waals surface area contributed by atoms with E-state index < -0.39 is 0 Å². The number of benzene rings is 1. The summed E-state index contributed by atoms with van der Waals surface area (Å²) < 4.78 is 1.90. The summed E-state index contributed by atoms with van der Waals surface area (Å²) in [6.45, 7) is 8.10. The number of H-pyrrole nitrogens is 1. The molecule has 0 amide bonds. The van der Waals surface area contributed by atoms with Gasteiger partial charge < -0.3 is 15.6 Å². The van der Waals surface area contributed by atoms with E-state index in [1.54, 1.807) is 0 Å². The topological polar surface area (TPSA) is 82.9 Å². The van der Waals surface area contributed by atoms with E-state index in [-0.39, 0.29) is 24.0 Å². The lowest BCUT2D eigenvalue weighted by molar-refractivity contribution is 0.729. The lowest BCUT2D eigenvalue weighted by atomic mass is 10.2. The molecule has 0 saturated heterocycles. The molecule has 8 heteroatoms. The first-order chi connectivity index (χ1) is 13.1. The Balaban J connectivity index is 0.00000280. The summed E-state index contributed by atoms with van der Waals surface area (Å²) in [4.78, 5) is 12.5. The van der Waals surface area contributed by atoms with E-state index in [0.717, 1.165) is 41.0 Å². The molecule has 2 heterocycles. The van der Waals surface area contributed by atoms with E-state index in [0.29, 0.717) is 13.1 Å². The fraction of sp³-hybridized carbons (Fsp3) is 0.350. The normalized spacial score (nSPS) is 11.2. The van der Waals surface area contributed by atoms with Crippen LogP contribution in [0.15, 0.2) is 41.5 Å². The Kier molecular flexibility index (Phi) is 8.04. The largest absolute Gasteiger partial charge is 0.357 e. The quantitative estimate of drug-likeness (QED) is 0.280. The van der Waals surface area contributed by atoms with Crippen molar-refractivity contribution >= 4 is 29.9 Å². The van der Waals surface area contributed by atoms with Gasteiger partial charge in [-0.05, 0) is 26.3 Å². The van der Waals surface area contributed by atoms with Crippen molar-refractivity contribution in [2.75, 3.05) is 6.54 Å². The van der Waals surface area contributed by atoms with Gasteiger partial charge in [-0.1, -0.05) is 30.3 Å². The highest BCUT2D eigenvalue weighted by Gasteiger charge is 2.09. The van der Waals surface area contributed by atoms with Crippen LogP contribution < -0.4 is 10.6 Å². The van der Waals surface area contributed by atoms with Crippen LogP contribution in [-0.4, -0.2) is 32.3 Å². The van der Waals surface area contributed by atoms with Gasteiger partial charge in [-0.2, -0.15) is 5.10 Å². The van der Waals surface area contributed by atoms with Crippen LogP contribution in [-0.2, 0) is 20.1 Å². The number of imidazole rings is 1. The molecule has 3 N–H and O–H groups in total. The molecule has 0 aliphatic carbocycles. The maximum Gasteiger partial charge on any atom is 0.191 e. The molecule has 28 heavy (non-hydrogen) atoms. The Morgan fingerprint density at radius 3 is 2.57 bits per heavy atom. The number of aryl methyl sites for hydroxylation is 2. The number of hydrogen-bond acceptors (Lipinski definition) is 3. The maximum absolute atomic E-state index is 4.70. The number of aromatic amines is 1. The molecule has 7 nitrogen and oxygen atoms in total. The first-order valence-corrected chi connectivity index (χ1v) is 9.19. The number of halogens is 1. The van der Waals surface area contributed by atoms with Crippen LogP contribution in [0.2, 0.25) is 0 Å². The van der Waals surface area contributed by atoms with E-state index in [2.05, 4.69) is 51.7 Å². The van der Waals surface area contributed by atoms with Gasteiger partial charge in [0.05, 0.1) is 30.7 Å². The molecule has 0 spiro atoms. The van der Waals surface area contributed by atoms with Crippen molar-refractivity contribution in [3.63, 3.8) is 0 Å². The van der Waals surface area contributed by atoms with E-state index >= 15 is 0 Å². The molecule has 0 fully saturated rings. The first kappa shape index (κ1) is 21.9. The zero-order valence-corrected chi connectivity index (χ0v) is 19.1. The average Bonchev–Trinajstić information content (AvgIpc) is 3.24. The highest BCUT2D eigenvalue weighted by atomic mass is 127. The van der Waals surface area contributed by atoms with Gasteiger partial charge in [0, 0.05) is 24.8 Å². The van der Waals surface area contributed by atoms with E-state index in [4.69, 9.17) is 4.99 Å². The number of rotatable bonds is 6. The molecule has 0 unspecified atom stereocenters. The highest BCUT2D eigenvalue weighted by molar-refractivity contribution is 14.0. The van der Waals surface area contributed by atoms with E-state index in [1.165, 1.54) is 5.56 Å². The van der Waals surface area contributed by atoms with Gasteiger partial charge in [0.1, 0.15) is 5.82 Å². The van der Waals surface area contributed by atoms with Gasteiger partial charge in [-0.15, -0.1) is 24.0 Å². The molecular weight excluding hydrogens is 465 g/mol. The molecule has 150 valence electrons. The Bertz CT molecular complexity index is 912. The van der Waals surface area contributed by atoms with Gasteiger partial charge in [0.15, 0.2) is 5.96 Å². The summed E-state index contributed by atoms with van der Waals surface area (Å²) in [6.07, 6.45) is 1.86. The lowest BCUT2D eigenvalue weighted by Crippen LogP contribution is -2.37. The summed E-state index contributed by atoms with van der Waals surface area (Å²) in [6, 6.07) is 10.2. The third-order valence-corrected chi connectivity index (χ3v) is 4.53. The fourth-order valence-corrected chi connectivity index (χ4v) is 2.93. The van der Waals surface area contributed by atoms with Crippen LogP contribution in [0.5, 0.6) is 0 Å². The van der Waals surface area contributed by atoms with Crippen molar-refractivity contribution < 1.29 is 0 Å². The first-order valence-electron chi connectivity index (χ1n) is 9.19. The highest BCUT2D eigenvalue weighted by Crippen LogP contribution is 2.16. The third-order valence-electron chi connectivity index (χ3n) is 4.53. The summed E-state index contributed by atoms with van der Waals surface area (Å²) in [5.74, 6) is 1.63. The molecule has 3 aromatic rings. The summed E-state index contributed by atoms with van der Waals surface area (Å²) in [7, 11) is 1.96. The number of nitrogens with one attached hydrogen (secondary N) is 3. The molecule has 0 radical (unpaired) electrons. The predicted octanol–water partition coefficient (Wildman–Crippen LogP) is 3.30. The minimum Gasteiger partial charge on any atom is -0.357 e. The second-order valence-corrected chi connectivity index (χ2v) is 6.43. The van der Waals surface area contributed by atoms with Gasteiger partial charge in [-0.25, -0.2) is 9.98 Å². The van der Waals surface area contributed by atoms with Crippen molar-refractivity contribution in [3.8, 4) is 11.3 Å². The smallest absolute Gasteiger partial charge is 0.191 e. The van der Waals surface area contributed by atoms with Crippen molar-refractivity contribution in [2.24, 2.45) is 12.0 Å². The van der Waals surface area contributed by atoms with Crippen LogP contribution in [0.3, 0.4) is 0 Å². The van der Waals surface area contributed by atoms with Crippen LogP contribution in [0.25, 0.3) is 11.3 Å². The second kappa shape index (κ2) is 10.3. The number of aliphatic imine (C=N–C) groups is 1. The number of aromatic nitrogens is 4. The summed E-state index contributed by atoms with van der Waals surface area (Å²) >= 11 is 0. The molecule has 0 aliphatic rings. The number of hydrogen-bond donors (Lipinski definition) is 3. The van der Waals surface area contributed by atoms with Crippen LogP contribution in [0, 0.1) is 13.8 Å². The third kappa shape index (κ3) is 5.34. The monoisotopic (exact) mass is 493 g/mol. The minimum atomic E-state index is 0. The zero-order chi connectivity index (χ0) is 19.2. The molecule has 1 aromatic carbocycles. The zero-order valence-electron chi connectivity index (χ0n) is 16.8.